The van der Waals surface area contributed by atoms with Crippen LogP contribution in [-0.4, -0.2) is 9.13 Å². The first-order chi connectivity index (χ1) is 28.5. The number of pyridine rings is 2. The standard InChI is InChI=1S/C52H49F3N4/c1-34-12-6-18-46(30-34)58-35(2)31-41(37(58)4)24-26-44-16-8-20-48-50-39(13-10-28-56(44)48)22-23-40-14-11-29-57-45(17-9-21-49(57)51(40)50)27-25-42-32-36(3)59(38(42)5)47-19-7-15-43(33-47)52(53,54)55/h6-9,12,15-27,30-33H,10-11,13-14,28-29H2,1-5H3/q+2. The fourth-order valence-corrected chi connectivity index (χ4v) is 9.53. The zero-order valence-corrected chi connectivity index (χ0v) is 34.4. The maximum atomic E-state index is 13.6. The maximum absolute atomic E-state index is 13.6. The molecular weight excluding hydrogens is 738 g/mol. The Balaban J connectivity index is 1.09. The van der Waals surface area contributed by atoms with Gasteiger partial charge in [-0.05, 0) is 142 Å². The number of alkyl halides is 3. The molecule has 7 aromatic rings. The van der Waals surface area contributed by atoms with Gasteiger partial charge in [-0.2, -0.15) is 22.3 Å². The van der Waals surface area contributed by atoms with E-state index in [1.165, 1.54) is 79.7 Å². The van der Waals surface area contributed by atoms with Crippen molar-refractivity contribution in [2.75, 3.05) is 0 Å². The topological polar surface area (TPSA) is 17.6 Å². The molecule has 0 atom stereocenters. The Morgan fingerprint density at radius 1 is 0.525 bits per heavy atom. The van der Waals surface area contributed by atoms with Crippen molar-refractivity contribution in [1.82, 2.24) is 9.13 Å². The minimum absolute atomic E-state index is 0.508. The molecule has 0 saturated carbocycles. The van der Waals surface area contributed by atoms with Gasteiger partial charge in [0, 0.05) is 83.4 Å². The van der Waals surface area contributed by atoms with Crippen LogP contribution in [-0.2, 0) is 32.1 Å². The Bertz CT molecular complexity index is 2830. The Morgan fingerprint density at radius 2 is 1.00 bits per heavy atom. The molecule has 0 unspecified atom stereocenters. The molecule has 0 bridgehead atoms. The second-order valence-corrected chi connectivity index (χ2v) is 16.2. The summed E-state index contributed by atoms with van der Waals surface area (Å²) in [7, 11) is 0. The van der Waals surface area contributed by atoms with Crippen LogP contribution in [0.5, 0.6) is 0 Å². The summed E-state index contributed by atoms with van der Waals surface area (Å²) in [5.74, 6) is 0. The van der Waals surface area contributed by atoms with Crippen LogP contribution in [0.2, 0.25) is 0 Å². The van der Waals surface area contributed by atoms with Gasteiger partial charge in [-0.3, -0.25) is 0 Å². The summed E-state index contributed by atoms with van der Waals surface area (Å²) in [6.45, 7) is 12.3. The van der Waals surface area contributed by atoms with Gasteiger partial charge in [-0.15, -0.1) is 0 Å². The molecule has 4 aromatic heterocycles. The molecule has 0 fully saturated rings. The lowest BCUT2D eigenvalue weighted by Crippen LogP contribution is -2.40. The Hall–Kier alpha value is -6.21. The van der Waals surface area contributed by atoms with Gasteiger partial charge in [0.25, 0.3) is 0 Å². The zero-order valence-electron chi connectivity index (χ0n) is 34.4. The number of benzene rings is 3. The van der Waals surface area contributed by atoms with Crippen LogP contribution in [0.1, 0.15) is 80.4 Å². The summed E-state index contributed by atoms with van der Waals surface area (Å²) in [5, 5.41) is 0. The van der Waals surface area contributed by atoms with E-state index in [1.807, 2.05) is 18.4 Å². The highest BCUT2D eigenvalue weighted by Crippen LogP contribution is 2.39. The summed E-state index contributed by atoms with van der Waals surface area (Å²) in [6, 6.07) is 36.6. The second-order valence-electron chi connectivity index (χ2n) is 16.2. The van der Waals surface area contributed by atoms with E-state index in [4.69, 9.17) is 0 Å². The number of aryl methyl sites for hydroxylation is 5. The average molecular weight is 787 g/mol. The van der Waals surface area contributed by atoms with Crippen LogP contribution in [0.15, 0.2) is 109 Å². The van der Waals surface area contributed by atoms with Crippen molar-refractivity contribution in [3.8, 4) is 33.9 Å². The van der Waals surface area contributed by atoms with Gasteiger partial charge in [-0.25, -0.2) is 0 Å². The van der Waals surface area contributed by atoms with Gasteiger partial charge >= 0.3 is 6.18 Å². The number of hydrogen-bond donors (Lipinski definition) is 0. The summed E-state index contributed by atoms with van der Waals surface area (Å²) >= 11 is 0. The van der Waals surface area contributed by atoms with Crippen molar-refractivity contribution in [1.29, 1.82) is 0 Å². The van der Waals surface area contributed by atoms with Crippen LogP contribution in [0, 0.1) is 34.6 Å². The third kappa shape index (κ3) is 7.07. The van der Waals surface area contributed by atoms with E-state index in [1.54, 1.807) is 6.07 Å². The maximum Gasteiger partial charge on any atom is 0.416 e. The predicted octanol–water partition coefficient (Wildman–Crippen LogP) is 12.0. The van der Waals surface area contributed by atoms with Gasteiger partial charge in [0.05, 0.1) is 16.7 Å². The minimum atomic E-state index is -4.40. The zero-order chi connectivity index (χ0) is 41.0. The number of nitrogens with zero attached hydrogens (tertiary/aromatic N) is 4. The summed E-state index contributed by atoms with van der Waals surface area (Å²) < 4.78 is 50.0. The van der Waals surface area contributed by atoms with Crippen molar-refractivity contribution < 1.29 is 22.3 Å². The van der Waals surface area contributed by atoms with Crippen molar-refractivity contribution >= 4 is 24.3 Å². The molecule has 9 rings (SSSR count). The van der Waals surface area contributed by atoms with Crippen molar-refractivity contribution in [2.45, 2.75) is 79.6 Å². The number of hydrogen-bond acceptors (Lipinski definition) is 0. The van der Waals surface area contributed by atoms with Gasteiger partial charge in [0.1, 0.15) is 13.1 Å². The van der Waals surface area contributed by atoms with Crippen LogP contribution in [0.4, 0.5) is 13.2 Å². The van der Waals surface area contributed by atoms with Gasteiger partial charge in [0.2, 0.25) is 22.8 Å². The van der Waals surface area contributed by atoms with E-state index >= 15 is 0 Å². The van der Waals surface area contributed by atoms with E-state index < -0.39 is 11.7 Å². The van der Waals surface area contributed by atoms with E-state index in [0.717, 1.165) is 67.5 Å². The van der Waals surface area contributed by atoms with E-state index in [2.05, 4.69) is 144 Å². The Morgan fingerprint density at radius 3 is 1.49 bits per heavy atom. The van der Waals surface area contributed by atoms with Gasteiger partial charge in [-0.1, -0.05) is 30.3 Å². The fraction of sp³-hybridized carbons (Fsp3) is 0.231. The van der Waals surface area contributed by atoms with Crippen LogP contribution in [0.3, 0.4) is 0 Å². The highest BCUT2D eigenvalue weighted by molar-refractivity contribution is 5.84. The molecule has 3 aromatic carbocycles. The quantitative estimate of drug-likeness (QED) is 0.149. The lowest BCUT2D eigenvalue weighted by Gasteiger charge is -2.14. The first-order valence-electron chi connectivity index (χ1n) is 20.7. The molecular formula is C52H49F3N4+2. The summed E-state index contributed by atoms with van der Waals surface area (Å²) in [6.07, 6.45) is 8.49. The molecule has 0 amide bonds. The average Bonchev–Trinajstić information content (AvgIpc) is 3.46. The lowest BCUT2D eigenvalue weighted by molar-refractivity contribution is -0.689. The van der Waals surface area contributed by atoms with Crippen molar-refractivity contribution in [3.05, 3.63) is 177 Å². The molecule has 2 aliphatic rings. The summed E-state index contributed by atoms with van der Waals surface area (Å²) in [5.41, 5.74) is 18.9. The van der Waals surface area contributed by atoms with E-state index in [0.29, 0.717) is 5.69 Å². The molecule has 0 N–H and O–H groups in total. The molecule has 6 heterocycles. The first kappa shape index (κ1) is 38.3. The molecule has 59 heavy (non-hydrogen) atoms. The number of aromatic nitrogens is 4. The second kappa shape index (κ2) is 15.2. The van der Waals surface area contributed by atoms with Gasteiger partial charge in [0.15, 0.2) is 0 Å². The van der Waals surface area contributed by atoms with Crippen molar-refractivity contribution in [3.63, 3.8) is 0 Å². The molecule has 0 saturated heterocycles. The Labute approximate surface area is 344 Å². The minimum Gasteiger partial charge on any atom is -0.318 e. The summed E-state index contributed by atoms with van der Waals surface area (Å²) in [4.78, 5) is 0. The predicted molar refractivity (Wildman–Crippen MR) is 232 cm³/mol. The SMILES string of the molecule is Cc1cccc(-n2c(C)cc(/C=C/c3cccc4[n+]3CCCc3ccc5c(c3-4)-c3cccc(/C=C/c4cc(C)n(-c6cccc(C(F)(F)F)c6)c4C)[n+]3CCC5)c2C)c1. The normalized spacial score (nSPS) is 13.9. The molecule has 7 heteroatoms. The van der Waals surface area contributed by atoms with Crippen LogP contribution < -0.4 is 9.13 Å². The molecule has 0 radical (unpaired) electrons. The van der Waals surface area contributed by atoms with Gasteiger partial charge < -0.3 is 9.13 Å². The largest absolute Gasteiger partial charge is 0.416 e. The van der Waals surface area contributed by atoms with Crippen LogP contribution >= 0.6 is 0 Å². The van der Waals surface area contributed by atoms with Crippen molar-refractivity contribution in [2.24, 2.45) is 0 Å². The smallest absolute Gasteiger partial charge is 0.318 e. The third-order valence-electron chi connectivity index (χ3n) is 12.3. The third-order valence-corrected chi connectivity index (χ3v) is 12.3. The van der Waals surface area contributed by atoms with Crippen LogP contribution in [0.25, 0.3) is 58.2 Å². The number of rotatable bonds is 6. The highest BCUT2D eigenvalue weighted by Gasteiger charge is 2.33. The lowest BCUT2D eigenvalue weighted by atomic mass is 9.88. The molecule has 0 spiro atoms. The highest BCUT2D eigenvalue weighted by atomic mass is 19.4. The molecule has 4 nitrogen and oxygen atoms in total. The number of fused-ring (bicyclic) bond motifs is 7. The Kier molecular flexibility index (Phi) is 9.86. The number of halogens is 3. The molecule has 296 valence electrons. The van der Waals surface area contributed by atoms with E-state index in [-0.39, 0.29) is 0 Å². The molecule has 2 aliphatic heterocycles. The first-order valence-corrected chi connectivity index (χ1v) is 20.7. The van der Waals surface area contributed by atoms with E-state index in [9.17, 15) is 13.2 Å². The fourth-order valence-electron chi connectivity index (χ4n) is 9.53. The monoisotopic (exact) mass is 786 g/mol. The molecule has 0 aliphatic carbocycles.